The lowest BCUT2D eigenvalue weighted by Crippen LogP contribution is -2.29. The van der Waals surface area contributed by atoms with Crippen LogP contribution in [0.25, 0.3) is 0 Å². The molecule has 1 aliphatic rings. The summed E-state index contributed by atoms with van der Waals surface area (Å²) in [6, 6.07) is 19.4. The lowest BCUT2D eigenvalue weighted by atomic mass is 9.80. The van der Waals surface area contributed by atoms with Crippen molar-refractivity contribution in [3.63, 3.8) is 0 Å². The highest BCUT2D eigenvalue weighted by atomic mass is 16.5. The Hall–Kier alpha value is -1.84. The van der Waals surface area contributed by atoms with Crippen molar-refractivity contribution in [1.29, 1.82) is 0 Å². The SMILES string of the molecule is COc1ccc(CN(C)CCC(Cc2ccccc2)C2CCOCC2)cc1. The van der Waals surface area contributed by atoms with E-state index in [4.69, 9.17) is 9.47 Å². The zero-order valence-electron chi connectivity index (χ0n) is 16.8. The minimum atomic E-state index is 0.731. The van der Waals surface area contributed by atoms with Crippen LogP contribution in [0.3, 0.4) is 0 Å². The fraction of sp³-hybridized carbons (Fsp3) is 0.500. The van der Waals surface area contributed by atoms with Gasteiger partial charge in [0.1, 0.15) is 5.75 Å². The molecule has 27 heavy (non-hydrogen) atoms. The Balaban J connectivity index is 1.55. The summed E-state index contributed by atoms with van der Waals surface area (Å²) < 4.78 is 10.9. The van der Waals surface area contributed by atoms with Crippen LogP contribution in [-0.4, -0.2) is 38.8 Å². The standard InChI is InChI=1S/C24H33NO2/c1-25(19-21-8-10-24(26-2)11-9-21)15-12-23(22-13-16-27-17-14-22)18-20-6-4-3-5-7-20/h3-11,22-23H,12-19H2,1-2H3. The molecule has 146 valence electrons. The Morgan fingerprint density at radius 2 is 1.70 bits per heavy atom. The molecule has 0 aromatic heterocycles. The van der Waals surface area contributed by atoms with Crippen LogP contribution < -0.4 is 4.74 Å². The van der Waals surface area contributed by atoms with Gasteiger partial charge in [0.2, 0.25) is 0 Å². The van der Waals surface area contributed by atoms with Gasteiger partial charge in [-0.05, 0) is 74.4 Å². The summed E-state index contributed by atoms with van der Waals surface area (Å²) in [5, 5.41) is 0. The second-order valence-electron chi connectivity index (χ2n) is 7.77. The lowest BCUT2D eigenvalue weighted by molar-refractivity contribution is 0.0431. The van der Waals surface area contributed by atoms with E-state index in [2.05, 4.69) is 54.4 Å². The number of hydrogen-bond acceptors (Lipinski definition) is 3. The molecule has 1 unspecified atom stereocenters. The van der Waals surface area contributed by atoms with Crippen molar-refractivity contribution in [3.05, 3.63) is 65.7 Å². The maximum Gasteiger partial charge on any atom is 0.118 e. The molecular weight excluding hydrogens is 334 g/mol. The quantitative estimate of drug-likeness (QED) is 0.635. The second-order valence-corrected chi connectivity index (χ2v) is 7.77. The van der Waals surface area contributed by atoms with E-state index in [9.17, 15) is 0 Å². The lowest BCUT2D eigenvalue weighted by Gasteiger charge is -2.32. The van der Waals surface area contributed by atoms with Gasteiger partial charge in [0, 0.05) is 19.8 Å². The molecule has 1 saturated heterocycles. The normalized spacial score (nSPS) is 16.4. The molecule has 1 heterocycles. The van der Waals surface area contributed by atoms with Gasteiger partial charge < -0.3 is 14.4 Å². The molecule has 1 atom stereocenters. The first-order chi connectivity index (χ1) is 13.2. The van der Waals surface area contributed by atoms with Crippen LogP contribution >= 0.6 is 0 Å². The Kier molecular flexibility index (Phi) is 7.73. The molecule has 0 bridgehead atoms. The third-order valence-corrected chi connectivity index (χ3v) is 5.77. The van der Waals surface area contributed by atoms with Gasteiger partial charge in [-0.25, -0.2) is 0 Å². The number of ether oxygens (including phenoxy) is 2. The van der Waals surface area contributed by atoms with Crippen molar-refractivity contribution in [2.45, 2.75) is 32.2 Å². The fourth-order valence-electron chi connectivity index (χ4n) is 4.12. The first kappa shape index (κ1) is 19.9. The topological polar surface area (TPSA) is 21.7 Å². The van der Waals surface area contributed by atoms with Crippen LogP contribution in [0.1, 0.15) is 30.4 Å². The smallest absolute Gasteiger partial charge is 0.118 e. The van der Waals surface area contributed by atoms with Crippen LogP contribution in [0.2, 0.25) is 0 Å². The summed E-state index contributed by atoms with van der Waals surface area (Å²) in [5.74, 6) is 2.44. The highest BCUT2D eigenvalue weighted by Gasteiger charge is 2.24. The predicted molar refractivity (Wildman–Crippen MR) is 111 cm³/mol. The van der Waals surface area contributed by atoms with E-state index >= 15 is 0 Å². The average molecular weight is 368 g/mol. The number of benzene rings is 2. The third kappa shape index (κ3) is 6.37. The Morgan fingerprint density at radius 1 is 1.00 bits per heavy atom. The molecule has 1 fully saturated rings. The van der Waals surface area contributed by atoms with Crippen LogP contribution in [0.4, 0.5) is 0 Å². The van der Waals surface area contributed by atoms with Crippen molar-refractivity contribution in [1.82, 2.24) is 4.90 Å². The van der Waals surface area contributed by atoms with Crippen molar-refractivity contribution in [3.8, 4) is 5.75 Å². The molecular formula is C24H33NO2. The second kappa shape index (κ2) is 10.5. The molecule has 0 N–H and O–H groups in total. The van der Waals surface area contributed by atoms with Crippen molar-refractivity contribution < 1.29 is 9.47 Å². The summed E-state index contributed by atoms with van der Waals surface area (Å²) in [6.45, 7) is 3.96. The summed E-state index contributed by atoms with van der Waals surface area (Å²) >= 11 is 0. The van der Waals surface area contributed by atoms with Crippen molar-refractivity contribution in [2.24, 2.45) is 11.8 Å². The molecule has 0 saturated carbocycles. The van der Waals surface area contributed by atoms with Gasteiger partial charge in [-0.15, -0.1) is 0 Å². The molecule has 0 aliphatic carbocycles. The zero-order chi connectivity index (χ0) is 18.9. The first-order valence-corrected chi connectivity index (χ1v) is 10.2. The van der Waals surface area contributed by atoms with E-state index in [0.717, 1.165) is 43.9 Å². The first-order valence-electron chi connectivity index (χ1n) is 10.2. The molecule has 2 aromatic rings. The molecule has 0 amide bonds. The van der Waals surface area contributed by atoms with Crippen LogP contribution in [-0.2, 0) is 17.7 Å². The van der Waals surface area contributed by atoms with Gasteiger partial charge in [0.05, 0.1) is 7.11 Å². The minimum Gasteiger partial charge on any atom is -0.497 e. The largest absolute Gasteiger partial charge is 0.497 e. The van der Waals surface area contributed by atoms with Gasteiger partial charge in [-0.2, -0.15) is 0 Å². The molecule has 3 nitrogen and oxygen atoms in total. The number of rotatable bonds is 9. The third-order valence-electron chi connectivity index (χ3n) is 5.77. The van der Waals surface area contributed by atoms with Gasteiger partial charge >= 0.3 is 0 Å². The van der Waals surface area contributed by atoms with Crippen LogP contribution in [0.5, 0.6) is 5.75 Å². The number of methoxy groups -OCH3 is 1. The maximum atomic E-state index is 5.60. The molecule has 0 spiro atoms. The van der Waals surface area contributed by atoms with Gasteiger partial charge in [0.25, 0.3) is 0 Å². The highest BCUT2D eigenvalue weighted by molar-refractivity contribution is 5.27. The van der Waals surface area contributed by atoms with Crippen LogP contribution in [0, 0.1) is 11.8 Å². The maximum absolute atomic E-state index is 5.60. The number of nitrogens with zero attached hydrogens (tertiary/aromatic N) is 1. The van der Waals surface area contributed by atoms with Crippen LogP contribution in [0.15, 0.2) is 54.6 Å². The molecule has 1 aliphatic heterocycles. The van der Waals surface area contributed by atoms with E-state index in [1.54, 1.807) is 7.11 Å². The molecule has 2 aromatic carbocycles. The van der Waals surface area contributed by atoms with Gasteiger partial charge in [0.15, 0.2) is 0 Å². The summed E-state index contributed by atoms with van der Waals surface area (Å²) in [7, 11) is 3.94. The van der Waals surface area contributed by atoms with E-state index < -0.39 is 0 Å². The molecule has 0 radical (unpaired) electrons. The van der Waals surface area contributed by atoms with E-state index in [-0.39, 0.29) is 0 Å². The highest BCUT2D eigenvalue weighted by Crippen LogP contribution is 2.29. The van der Waals surface area contributed by atoms with Crippen molar-refractivity contribution >= 4 is 0 Å². The Morgan fingerprint density at radius 3 is 2.37 bits per heavy atom. The van der Waals surface area contributed by atoms with Gasteiger partial charge in [-0.3, -0.25) is 0 Å². The predicted octanol–water partition coefficient (Wildman–Crippen LogP) is 4.80. The summed E-state index contributed by atoms with van der Waals surface area (Å²) in [6.07, 6.45) is 4.84. The monoisotopic (exact) mass is 367 g/mol. The fourth-order valence-corrected chi connectivity index (χ4v) is 4.12. The Labute approximate surface area is 164 Å². The summed E-state index contributed by atoms with van der Waals surface area (Å²) in [4.78, 5) is 2.44. The van der Waals surface area contributed by atoms with E-state index in [0.29, 0.717) is 0 Å². The molecule has 3 heteroatoms. The number of hydrogen-bond donors (Lipinski definition) is 0. The van der Waals surface area contributed by atoms with E-state index in [1.807, 2.05) is 12.1 Å². The molecule has 3 rings (SSSR count). The zero-order valence-corrected chi connectivity index (χ0v) is 16.8. The van der Waals surface area contributed by atoms with Crippen molar-refractivity contribution in [2.75, 3.05) is 33.9 Å². The van der Waals surface area contributed by atoms with Gasteiger partial charge in [-0.1, -0.05) is 42.5 Å². The summed E-state index contributed by atoms with van der Waals surface area (Å²) in [5.41, 5.74) is 2.80. The van der Waals surface area contributed by atoms with E-state index in [1.165, 1.54) is 36.8 Å². The average Bonchev–Trinajstić information content (AvgIpc) is 2.73. The Bertz CT molecular complexity index is 650. The minimum absolute atomic E-state index is 0.731.